The van der Waals surface area contributed by atoms with Gasteiger partial charge in [-0.15, -0.1) is 0 Å². The zero-order chi connectivity index (χ0) is 15.8. The number of H-pyrrole nitrogens is 2. The van der Waals surface area contributed by atoms with Gasteiger partial charge in [0, 0.05) is 30.1 Å². The van der Waals surface area contributed by atoms with E-state index in [9.17, 15) is 4.79 Å². The first-order valence-corrected chi connectivity index (χ1v) is 7.83. The Labute approximate surface area is 133 Å². The van der Waals surface area contributed by atoms with Crippen LogP contribution < -0.4 is 5.73 Å². The third-order valence-electron chi connectivity index (χ3n) is 4.52. The molecule has 0 saturated carbocycles. The van der Waals surface area contributed by atoms with Crippen molar-refractivity contribution in [2.45, 2.75) is 25.4 Å². The SMILES string of the molecule is N[C@H](Cc1c[nH]c2ccccc12)C(=O)N1CCc2nc[nH]c2C1. The Morgan fingerprint density at radius 2 is 2.22 bits per heavy atom. The summed E-state index contributed by atoms with van der Waals surface area (Å²) in [5.74, 6) is -0.00414. The maximum Gasteiger partial charge on any atom is 0.240 e. The van der Waals surface area contributed by atoms with Crippen LogP contribution in [0.2, 0.25) is 0 Å². The number of para-hydroxylation sites is 1. The zero-order valence-electron chi connectivity index (χ0n) is 12.7. The highest BCUT2D eigenvalue weighted by atomic mass is 16.2. The van der Waals surface area contributed by atoms with Crippen LogP contribution in [0.25, 0.3) is 10.9 Å². The predicted molar refractivity (Wildman–Crippen MR) is 87.7 cm³/mol. The summed E-state index contributed by atoms with van der Waals surface area (Å²) in [4.78, 5) is 25.1. The highest BCUT2D eigenvalue weighted by Gasteiger charge is 2.26. The normalized spacial score (nSPS) is 15.6. The molecule has 118 valence electrons. The summed E-state index contributed by atoms with van der Waals surface area (Å²) in [6, 6.07) is 7.53. The molecule has 0 radical (unpaired) electrons. The molecule has 3 aromatic rings. The lowest BCUT2D eigenvalue weighted by atomic mass is 10.0. The summed E-state index contributed by atoms with van der Waals surface area (Å²) in [5.41, 5.74) is 10.4. The molecule has 0 fully saturated rings. The van der Waals surface area contributed by atoms with Gasteiger partial charge in [-0.05, 0) is 18.1 Å². The molecule has 4 N–H and O–H groups in total. The third-order valence-corrected chi connectivity index (χ3v) is 4.52. The number of nitrogens with two attached hydrogens (primary N) is 1. The van der Waals surface area contributed by atoms with Crippen LogP contribution in [-0.2, 0) is 24.2 Å². The number of rotatable bonds is 3. The summed E-state index contributed by atoms with van der Waals surface area (Å²) in [5, 5.41) is 1.13. The average Bonchev–Trinajstić information content (AvgIpc) is 3.20. The first-order chi connectivity index (χ1) is 11.2. The average molecular weight is 309 g/mol. The molecule has 6 nitrogen and oxygen atoms in total. The fraction of sp³-hybridized carbons (Fsp3) is 0.294. The number of hydrogen-bond acceptors (Lipinski definition) is 3. The number of fused-ring (bicyclic) bond motifs is 2. The van der Waals surface area contributed by atoms with Crippen LogP contribution in [0.4, 0.5) is 0 Å². The van der Waals surface area contributed by atoms with E-state index in [2.05, 4.69) is 21.0 Å². The molecule has 4 rings (SSSR count). The lowest BCUT2D eigenvalue weighted by Crippen LogP contribution is -2.46. The van der Waals surface area contributed by atoms with Gasteiger partial charge in [-0.3, -0.25) is 4.79 Å². The highest BCUT2D eigenvalue weighted by molar-refractivity contribution is 5.86. The molecule has 1 amide bonds. The van der Waals surface area contributed by atoms with Crippen LogP contribution in [-0.4, -0.2) is 38.3 Å². The van der Waals surface area contributed by atoms with Crippen molar-refractivity contribution in [3.8, 4) is 0 Å². The molecule has 2 aromatic heterocycles. The van der Waals surface area contributed by atoms with Gasteiger partial charge in [-0.2, -0.15) is 0 Å². The number of aromatic nitrogens is 3. The molecule has 0 saturated heterocycles. The third kappa shape index (κ3) is 2.51. The summed E-state index contributed by atoms with van der Waals surface area (Å²) in [6.07, 6.45) is 4.95. The fourth-order valence-corrected chi connectivity index (χ4v) is 3.26. The number of hydrogen-bond donors (Lipinski definition) is 3. The van der Waals surface area contributed by atoms with Crippen molar-refractivity contribution in [3.63, 3.8) is 0 Å². The number of amides is 1. The second-order valence-electron chi connectivity index (χ2n) is 6.01. The van der Waals surface area contributed by atoms with Gasteiger partial charge in [0.05, 0.1) is 30.3 Å². The molecule has 1 aliphatic rings. The second kappa shape index (κ2) is 5.55. The number of imidazole rings is 1. The second-order valence-corrected chi connectivity index (χ2v) is 6.01. The van der Waals surface area contributed by atoms with Gasteiger partial charge in [0.1, 0.15) is 0 Å². The molecule has 0 unspecified atom stereocenters. The lowest BCUT2D eigenvalue weighted by Gasteiger charge is -2.28. The van der Waals surface area contributed by atoms with E-state index in [0.29, 0.717) is 19.5 Å². The van der Waals surface area contributed by atoms with Gasteiger partial charge < -0.3 is 20.6 Å². The highest BCUT2D eigenvalue weighted by Crippen LogP contribution is 2.20. The van der Waals surface area contributed by atoms with Crippen LogP contribution in [0.3, 0.4) is 0 Å². The van der Waals surface area contributed by atoms with Crippen molar-refractivity contribution >= 4 is 16.8 Å². The van der Waals surface area contributed by atoms with E-state index in [4.69, 9.17) is 5.73 Å². The van der Waals surface area contributed by atoms with Gasteiger partial charge in [-0.25, -0.2) is 4.98 Å². The molecule has 6 heteroatoms. The van der Waals surface area contributed by atoms with E-state index in [0.717, 1.165) is 34.3 Å². The van der Waals surface area contributed by atoms with E-state index in [1.165, 1.54) is 0 Å². The number of benzene rings is 1. The van der Waals surface area contributed by atoms with Crippen molar-refractivity contribution in [3.05, 3.63) is 53.7 Å². The summed E-state index contributed by atoms with van der Waals surface area (Å²) >= 11 is 0. The predicted octanol–water partition coefficient (Wildman–Crippen LogP) is 1.35. The number of aromatic amines is 2. The van der Waals surface area contributed by atoms with E-state index in [1.807, 2.05) is 29.3 Å². The van der Waals surface area contributed by atoms with E-state index >= 15 is 0 Å². The summed E-state index contributed by atoms with van der Waals surface area (Å²) in [6.45, 7) is 1.24. The molecule has 0 aliphatic carbocycles. The van der Waals surface area contributed by atoms with Gasteiger partial charge in [0.25, 0.3) is 0 Å². The molecule has 3 heterocycles. The van der Waals surface area contributed by atoms with Crippen LogP contribution >= 0.6 is 0 Å². The quantitative estimate of drug-likeness (QED) is 0.682. The van der Waals surface area contributed by atoms with Gasteiger partial charge >= 0.3 is 0 Å². The van der Waals surface area contributed by atoms with E-state index in [-0.39, 0.29) is 5.91 Å². The number of nitrogens with zero attached hydrogens (tertiary/aromatic N) is 2. The van der Waals surface area contributed by atoms with Crippen molar-refractivity contribution in [1.29, 1.82) is 0 Å². The smallest absolute Gasteiger partial charge is 0.240 e. The Balaban J connectivity index is 1.49. The Hall–Kier alpha value is -2.60. The number of nitrogens with one attached hydrogen (secondary N) is 2. The van der Waals surface area contributed by atoms with Gasteiger partial charge in [-0.1, -0.05) is 18.2 Å². The summed E-state index contributed by atoms with van der Waals surface area (Å²) in [7, 11) is 0. The molecule has 0 spiro atoms. The first-order valence-electron chi connectivity index (χ1n) is 7.83. The number of carbonyl (C=O) groups excluding carboxylic acids is 1. The lowest BCUT2D eigenvalue weighted by molar-refractivity contribution is -0.133. The Morgan fingerprint density at radius 1 is 1.35 bits per heavy atom. The van der Waals surface area contributed by atoms with Crippen molar-refractivity contribution in [2.24, 2.45) is 5.73 Å². The molecular formula is C17H19N5O. The van der Waals surface area contributed by atoms with Crippen molar-refractivity contribution in [2.75, 3.05) is 6.54 Å². The molecule has 1 aliphatic heterocycles. The maximum absolute atomic E-state index is 12.6. The minimum atomic E-state index is -0.529. The summed E-state index contributed by atoms with van der Waals surface area (Å²) < 4.78 is 0. The van der Waals surface area contributed by atoms with Gasteiger partial charge in [0.2, 0.25) is 5.91 Å². The molecule has 23 heavy (non-hydrogen) atoms. The zero-order valence-corrected chi connectivity index (χ0v) is 12.7. The largest absolute Gasteiger partial charge is 0.361 e. The van der Waals surface area contributed by atoms with Crippen LogP contribution in [0, 0.1) is 0 Å². The van der Waals surface area contributed by atoms with Crippen LogP contribution in [0.1, 0.15) is 17.0 Å². The maximum atomic E-state index is 12.6. The van der Waals surface area contributed by atoms with E-state index in [1.54, 1.807) is 6.33 Å². The molecule has 1 atom stereocenters. The fourth-order valence-electron chi connectivity index (χ4n) is 3.26. The molecule has 0 bridgehead atoms. The van der Waals surface area contributed by atoms with Crippen molar-refractivity contribution in [1.82, 2.24) is 19.9 Å². The standard InChI is InChI=1S/C17H19N5O/c18-13(7-11-8-19-14-4-2-1-3-12(11)14)17(23)22-6-5-15-16(9-22)21-10-20-15/h1-4,8,10,13,19H,5-7,9,18H2,(H,20,21)/t13-/m1/s1. The van der Waals surface area contributed by atoms with Crippen molar-refractivity contribution < 1.29 is 4.79 Å². The Kier molecular flexibility index (Phi) is 3.38. The first kappa shape index (κ1) is 14.0. The van der Waals surface area contributed by atoms with Crippen LogP contribution in [0.5, 0.6) is 0 Å². The molecule has 1 aromatic carbocycles. The van der Waals surface area contributed by atoms with Crippen LogP contribution in [0.15, 0.2) is 36.8 Å². The minimum absolute atomic E-state index is 0.00414. The topological polar surface area (TPSA) is 90.8 Å². The Bertz CT molecular complexity index is 849. The molecular weight excluding hydrogens is 290 g/mol. The Morgan fingerprint density at radius 3 is 3.13 bits per heavy atom. The number of carbonyl (C=O) groups is 1. The minimum Gasteiger partial charge on any atom is -0.361 e. The monoisotopic (exact) mass is 309 g/mol. The van der Waals surface area contributed by atoms with Gasteiger partial charge in [0.15, 0.2) is 0 Å². The van der Waals surface area contributed by atoms with E-state index < -0.39 is 6.04 Å².